The minimum absolute atomic E-state index is 0.0571. The number of nitrogens with zero attached hydrogens (tertiary/aromatic N) is 1. The quantitative estimate of drug-likeness (QED) is 0.524. The van der Waals surface area contributed by atoms with E-state index in [1.54, 1.807) is 30.3 Å². The van der Waals surface area contributed by atoms with Crippen LogP contribution in [0.25, 0.3) is 0 Å². The number of carbonyl (C=O) groups excluding carboxylic acids is 1. The number of rotatable bonds is 4. The van der Waals surface area contributed by atoms with E-state index in [4.69, 9.17) is 4.74 Å². The summed E-state index contributed by atoms with van der Waals surface area (Å²) in [5.74, 6) is 0.404. The number of ether oxygens (including phenoxy) is 1. The van der Waals surface area contributed by atoms with Gasteiger partial charge < -0.3 is 9.64 Å². The Kier molecular flexibility index (Phi) is 4.70. The number of hydrogen-bond acceptors (Lipinski definition) is 2. The average molecular weight is 426 g/mol. The van der Waals surface area contributed by atoms with E-state index in [0.717, 1.165) is 26.7 Å². The lowest BCUT2D eigenvalue weighted by Crippen LogP contribution is -2.23. The van der Waals surface area contributed by atoms with Gasteiger partial charge in [0.1, 0.15) is 5.75 Å². The maximum Gasteiger partial charge on any atom is 0.255 e. The van der Waals surface area contributed by atoms with Crippen LogP contribution in [0.3, 0.4) is 0 Å². The van der Waals surface area contributed by atoms with E-state index >= 15 is 0 Å². The van der Waals surface area contributed by atoms with Crippen LogP contribution < -0.4 is 4.74 Å². The van der Waals surface area contributed by atoms with Gasteiger partial charge >= 0.3 is 0 Å². The van der Waals surface area contributed by atoms with E-state index in [1.165, 1.54) is 6.07 Å². The Labute approximate surface area is 165 Å². The van der Waals surface area contributed by atoms with Crippen molar-refractivity contribution in [2.24, 2.45) is 0 Å². The maximum atomic E-state index is 13.7. The Balaban J connectivity index is 1.47. The first kappa shape index (κ1) is 17.7. The lowest BCUT2D eigenvalue weighted by Gasteiger charge is -2.16. The summed E-state index contributed by atoms with van der Waals surface area (Å²) in [6.45, 7) is 3.08. The second-order valence-electron chi connectivity index (χ2n) is 6.59. The van der Waals surface area contributed by atoms with Gasteiger partial charge in [0, 0.05) is 23.1 Å². The number of aryl methyl sites for hydroxylation is 1. The van der Waals surface area contributed by atoms with Crippen LogP contribution in [0.1, 0.15) is 27.0 Å². The highest BCUT2D eigenvalue weighted by Crippen LogP contribution is 2.31. The molecule has 1 heterocycles. The first-order valence-electron chi connectivity index (χ1n) is 8.61. The fourth-order valence-corrected chi connectivity index (χ4v) is 3.96. The zero-order chi connectivity index (χ0) is 19.0. The maximum absolute atomic E-state index is 13.7. The van der Waals surface area contributed by atoms with Gasteiger partial charge in [-0.15, -0.1) is 0 Å². The molecule has 0 atom stereocenters. The van der Waals surface area contributed by atoms with Crippen molar-refractivity contribution in [1.82, 2.24) is 4.90 Å². The number of hydrogen-bond donors (Lipinski definition) is 0. The van der Waals surface area contributed by atoms with Gasteiger partial charge in [0.2, 0.25) is 0 Å². The molecule has 5 heteroatoms. The Morgan fingerprint density at radius 3 is 2.59 bits per heavy atom. The van der Waals surface area contributed by atoms with E-state index in [1.807, 2.05) is 36.1 Å². The van der Waals surface area contributed by atoms with Crippen molar-refractivity contribution in [2.75, 3.05) is 0 Å². The fraction of sp³-hybridized carbons (Fsp3) is 0.136. The average Bonchev–Trinajstić information content (AvgIpc) is 2.94. The second kappa shape index (κ2) is 7.16. The van der Waals surface area contributed by atoms with Crippen molar-refractivity contribution >= 4 is 21.8 Å². The van der Waals surface area contributed by atoms with Gasteiger partial charge in [-0.3, -0.25) is 4.79 Å². The SMILES string of the molecule is Cc1cc(Br)cc2c1C(=O)N(Cc1ccc(Oc3ccccc3F)cc1)C2. The number of carbonyl (C=O) groups is 1. The lowest BCUT2D eigenvalue weighted by atomic mass is 10.0. The van der Waals surface area contributed by atoms with E-state index in [9.17, 15) is 9.18 Å². The largest absolute Gasteiger partial charge is 0.454 e. The molecule has 4 rings (SSSR count). The summed E-state index contributed by atoms with van der Waals surface area (Å²) in [7, 11) is 0. The molecule has 1 aliphatic heterocycles. The minimum Gasteiger partial charge on any atom is -0.454 e. The zero-order valence-corrected chi connectivity index (χ0v) is 16.3. The molecule has 136 valence electrons. The lowest BCUT2D eigenvalue weighted by molar-refractivity contribution is 0.0766. The highest BCUT2D eigenvalue weighted by Gasteiger charge is 2.29. The van der Waals surface area contributed by atoms with Crippen LogP contribution >= 0.6 is 15.9 Å². The predicted octanol–water partition coefficient (Wildman–Crippen LogP) is 5.84. The molecule has 3 aromatic rings. The molecule has 0 spiro atoms. The van der Waals surface area contributed by atoms with Crippen LogP contribution in [0.15, 0.2) is 65.1 Å². The van der Waals surface area contributed by atoms with Crippen LogP contribution in [0, 0.1) is 12.7 Å². The molecule has 0 bridgehead atoms. The van der Waals surface area contributed by atoms with Gasteiger partial charge in [0.05, 0.1) is 0 Å². The Morgan fingerprint density at radius 2 is 1.85 bits per heavy atom. The third kappa shape index (κ3) is 3.60. The molecular formula is C22H17BrFNO2. The van der Waals surface area contributed by atoms with E-state index in [0.29, 0.717) is 18.8 Å². The molecule has 0 aliphatic carbocycles. The zero-order valence-electron chi connectivity index (χ0n) is 14.7. The monoisotopic (exact) mass is 425 g/mol. The molecule has 1 aliphatic rings. The molecular weight excluding hydrogens is 409 g/mol. The summed E-state index contributed by atoms with van der Waals surface area (Å²) < 4.78 is 20.2. The van der Waals surface area contributed by atoms with E-state index < -0.39 is 5.82 Å². The first-order valence-corrected chi connectivity index (χ1v) is 9.40. The third-order valence-corrected chi connectivity index (χ3v) is 5.06. The summed E-state index contributed by atoms with van der Waals surface area (Å²) in [5, 5.41) is 0. The molecule has 0 saturated heterocycles. The molecule has 0 fully saturated rings. The molecule has 3 nitrogen and oxygen atoms in total. The summed E-state index contributed by atoms with van der Waals surface area (Å²) in [6, 6.07) is 17.6. The number of para-hydroxylation sites is 1. The molecule has 0 N–H and O–H groups in total. The van der Waals surface area contributed by atoms with Crippen molar-refractivity contribution in [2.45, 2.75) is 20.0 Å². The van der Waals surface area contributed by atoms with Crippen LogP contribution in [-0.2, 0) is 13.1 Å². The fourth-order valence-electron chi connectivity index (χ4n) is 3.34. The third-order valence-electron chi connectivity index (χ3n) is 4.61. The first-order chi connectivity index (χ1) is 13.0. The van der Waals surface area contributed by atoms with Crippen molar-refractivity contribution in [3.8, 4) is 11.5 Å². The topological polar surface area (TPSA) is 29.5 Å². The van der Waals surface area contributed by atoms with Crippen LogP contribution in [-0.4, -0.2) is 10.8 Å². The summed E-state index contributed by atoms with van der Waals surface area (Å²) in [6.07, 6.45) is 0. The normalized spacial score (nSPS) is 13.0. The molecule has 0 aromatic heterocycles. The van der Waals surface area contributed by atoms with Gasteiger partial charge in [-0.2, -0.15) is 0 Å². The number of benzene rings is 3. The van der Waals surface area contributed by atoms with Gasteiger partial charge in [0.25, 0.3) is 5.91 Å². The molecule has 1 amide bonds. The van der Waals surface area contributed by atoms with Gasteiger partial charge in [-0.05, 0) is 60.0 Å². The van der Waals surface area contributed by atoms with Crippen molar-refractivity contribution in [3.05, 3.63) is 93.2 Å². The Hall–Kier alpha value is -2.66. The smallest absolute Gasteiger partial charge is 0.255 e. The number of halogens is 2. The van der Waals surface area contributed by atoms with Crippen LogP contribution in [0.4, 0.5) is 4.39 Å². The molecule has 27 heavy (non-hydrogen) atoms. The van der Waals surface area contributed by atoms with Crippen LogP contribution in [0.2, 0.25) is 0 Å². The highest BCUT2D eigenvalue weighted by molar-refractivity contribution is 9.10. The van der Waals surface area contributed by atoms with Crippen molar-refractivity contribution in [1.29, 1.82) is 0 Å². The van der Waals surface area contributed by atoms with Crippen molar-refractivity contribution < 1.29 is 13.9 Å². The summed E-state index contributed by atoms with van der Waals surface area (Å²) in [4.78, 5) is 14.6. The molecule has 0 radical (unpaired) electrons. The molecule has 3 aromatic carbocycles. The number of amides is 1. The highest BCUT2D eigenvalue weighted by atomic mass is 79.9. The standard InChI is InChI=1S/C22H17BrFNO2/c1-14-10-17(23)11-16-13-25(22(26)21(14)16)12-15-6-8-18(9-7-15)27-20-5-3-2-4-19(20)24/h2-11H,12-13H2,1H3. The minimum atomic E-state index is -0.400. The molecule has 0 unspecified atom stereocenters. The Morgan fingerprint density at radius 1 is 1.11 bits per heavy atom. The summed E-state index contributed by atoms with van der Waals surface area (Å²) in [5.41, 5.74) is 3.83. The van der Waals surface area contributed by atoms with E-state index in [2.05, 4.69) is 15.9 Å². The second-order valence-corrected chi connectivity index (χ2v) is 7.51. The van der Waals surface area contributed by atoms with E-state index in [-0.39, 0.29) is 11.7 Å². The van der Waals surface area contributed by atoms with Crippen molar-refractivity contribution in [3.63, 3.8) is 0 Å². The molecule has 0 saturated carbocycles. The number of fused-ring (bicyclic) bond motifs is 1. The Bertz CT molecular complexity index is 1020. The van der Waals surface area contributed by atoms with Gasteiger partial charge in [-0.1, -0.05) is 40.2 Å². The summed E-state index contributed by atoms with van der Waals surface area (Å²) >= 11 is 3.49. The van der Waals surface area contributed by atoms with Gasteiger partial charge in [0.15, 0.2) is 11.6 Å². The van der Waals surface area contributed by atoms with Crippen LogP contribution in [0.5, 0.6) is 11.5 Å². The van der Waals surface area contributed by atoms with Gasteiger partial charge in [-0.25, -0.2) is 4.39 Å². The predicted molar refractivity (Wildman–Crippen MR) is 105 cm³/mol.